The fourth-order valence-corrected chi connectivity index (χ4v) is 4.30. The smallest absolute Gasteiger partial charge is 0.0480 e. The Labute approximate surface area is 193 Å². The number of benzene rings is 2. The Morgan fingerprint density at radius 1 is 0.500 bits per heavy atom. The summed E-state index contributed by atoms with van der Waals surface area (Å²) in [7, 11) is 0. The van der Waals surface area contributed by atoms with Gasteiger partial charge in [0.2, 0.25) is 0 Å². The summed E-state index contributed by atoms with van der Waals surface area (Å²) in [4.78, 5) is 8.69. The van der Waals surface area contributed by atoms with Gasteiger partial charge in [0.1, 0.15) is 0 Å². The normalized spacial score (nSPS) is 12.7. The van der Waals surface area contributed by atoms with Gasteiger partial charge in [-0.2, -0.15) is 0 Å². The van der Waals surface area contributed by atoms with Crippen LogP contribution in [0.15, 0.2) is 110 Å². The molecule has 2 heteroatoms. The molecule has 0 aliphatic heterocycles. The Balaban J connectivity index is 0.000000181. The molecule has 0 N–H and O–H groups in total. The maximum Gasteiger partial charge on any atom is 0.0480 e. The monoisotopic (exact) mass is 422 g/mol. The lowest BCUT2D eigenvalue weighted by Crippen LogP contribution is -2.09. The largest absolute Gasteiger partial charge is 0.264 e. The fraction of sp³-hybridized carbons (Fsp3) is 0.267. The average molecular weight is 423 g/mol. The van der Waals surface area contributed by atoms with Crippen LogP contribution in [0.3, 0.4) is 0 Å². The number of pyridine rings is 2. The Bertz CT molecular complexity index is 847. The average Bonchev–Trinajstić information content (AvgIpc) is 2.82. The zero-order valence-corrected chi connectivity index (χ0v) is 19.6. The van der Waals surface area contributed by atoms with Crippen molar-refractivity contribution in [3.63, 3.8) is 0 Å². The van der Waals surface area contributed by atoms with Crippen LogP contribution in [-0.4, -0.2) is 9.97 Å². The summed E-state index contributed by atoms with van der Waals surface area (Å²) in [5.41, 5.74) is 5.16. The molecule has 0 fully saturated rings. The third-order valence-corrected chi connectivity index (χ3v) is 5.70. The van der Waals surface area contributed by atoms with Gasteiger partial charge in [-0.15, -0.1) is 0 Å². The van der Waals surface area contributed by atoms with Crippen LogP contribution in [0, 0.1) is 11.8 Å². The first-order valence-corrected chi connectivity index (χ1v) is 11.5. The Kier molecular flexibility index (Phi) is 8.74. The van der Waals surface area contributed by atoms with Crippen LogP contribution in [0.25, 0.3) is 0 Å². The van der Waals surface area contributed by atoms with E-state index in [1.165, 1.54) is 16.7 Å². The van der Waals surface area contributed by atoms with Crippen molar-refractivity contribution in [2.75, 3.05) is 0 Å². The molecule has 2 aromatic carbocycles. The molecule has 0 saturated carbocycles. The summed E-state index contributed by atoms with van der Waals surface area (Å²) in [5, 5.41) is 0. The Hall–Kier alpha value is -3.26. The molecule has 4 rings (SSSR count). The molecule has 0 radical (unpaired) electrons. The maximum absolute atomic E-state index is 4.48. The summed E-state index contributed by atoms with van der Waals surface area (Å²) in [6.07, 6.45) is 5.66. The summed E-state index contributed by atoms with van der Waals surface area (Å²) in [6, 6.07) is 31.5. The van der Waals surface area contributed by atoms with Crippen molar-refractivity contribution in [3.05, 3.63) is 132 Å². The number of aromatic nitrogens is 2. The first-order chi connectivity index (χ1) is 15.6. The van der Waals surface area contributed by atoms with E-state index in [4.69, 9.17) is 0 Å². The molecule has 2 atom stereocenters. The van der Waals surface area contributed by atoms with E-state index in [-0.39, 0.29) is 0 Å². The molecule has 0 aliphatic carbocycles. The quantitative estimate of drug-likeness (QED) is 0.317. The third kappa shape index (κ3) is 6.37. The highest BCUT2D eigenvalue weighted by Gasteiger charge is 2.19. The lowest BCUT2D eigenvalue weighted by atomic mass is 9.83. The van der Waals surface area contributed by atoms with Gasteiger partial charge in [0.25, 0.3) is 0 Å². The zero-order chi connectivity index (χ0) is 22.8. The molecule has 164 valence electrons. The lowest BCUT2D eigenvalue weighted by molar-refractivity contribution is 0.552. The summed E-state index contributed by atoms with van der Waals surface area (Å²) >= 11 is 0. The predicted octanol–water partition coefficient (Wildman–Crippen LogP) is 7.74. The summed E-state index contributed by atoms with van der Waals surface area (Å²) in [5.74, 6) is 1.96. The molecule has 32 heavy (non-hydrogen) atoms. The number of rotatable bonds is 6. The Morgan fingerprint density at radius 2 is 1.03 bits per heavy atom. The molecule has 0 spiro atoms. The second-order valence-electron chi connectivity index (χ2n) is 8.81. The van der Waals surface area contributed by atoms with Crippen LogP contribution >= 0.6 is 0 Å². The molecule has 2 aromatic heterocycles. The van der Waals surface area contributed by atoms with Crippen molar-refractivity contribution < 1.29 is 0 Å². The molecule has 4 aromatic rings. The van der Waals surface area contributed by atoms with Gasteiger partial charge >= 0.3 is 0 Å². The molecule has 0 amide bonds. The molecular weight excluding hydrogens is 388 g/mol. The van der Waals surface area contributed by atoms with Gasteiger partial charge in [-0.25, -0.2) is 0 Å². The van der Waals surface area contributed by atoms with Gasteiger partial charge in [0, 0.05) is 36.1 Å². The van der Waals surface area contributed by atoms with Crippen molar-refractivity contribution in [1.29, 1.82) is 0 Å². The highest BCUT2D eigenvalue weighted by Crippen LogP contribution is 2.31. The van der Waals surface area contributed by atoms with Crippen molar-refractivity contribution in [2.24, 2.45) is 11.8 Å². The summed E-state index contributed by atoms with van der Waals surface area (Å²) < 4.78 is 0. The first kappa shape index (κ1) is 23.4. The van der Waals surface area contributed by atoms with Gasteiger partial charge in [-0.3, -0.25) is 9.97 Å². The molecule has 2 unspecified atom stereocenters. The second kappa shape index (κ2) is 12.0. The van der Waals surface area contributed by atoms with Gasteiger partial charge in [-0.05, 0) is 46.7 Å². The van der Waals surface area contributed by atoms with Gasteiger partial charge in [0.05, 0.1) is 0 Å². The SMILES string of the molecule is CC(C)C(c1ccccc1)c1ccccn1.CC(C)C(c1ccccc1)c1cccnc1. The molecular formula is C30H34N2. The van der Waals surface area contributed by atoms with Crippen LogP contribution in [0.5, 0.6) is 0 Å². The van der Waals surface area contributed by atoms with Crippen molar-refractivity contribution in [1.82, 2.24) is 9.97 Å². The standard InChI is InChI=1S/2C15H17N/c1-12(2)15(13-8-4-3-5-9-13)14-10-6-7-11-16-14;1-12(2)15(13-7-4-3-5-8-13)14-9-6-10-16-11-14/h2*3-12,15H,1-2H3. The summed E-state index contributed by atoms with van der Waals surface area (Å²) in [6.45, 7) is 8.99. The number of nitrogens with zero attached hydrogens (tertiary/aromatic N) is 2. The lowest BCUT2D eigenvalue weighted by Gasteiger charge is -2.21. The van der Waals surface area contributed by atoms with Gasteiger partial charge < -0.3 is 0 Å². The maximum atomic E-state index is 4.48. The van der Waals surface area contributed by atoms with Gasteiger partial charge in [0.15, 0.2) is 0 Å². The van der Waals surface area contributed by atoms with E-state index in [0.717, 1.165) is 5.69 Å². The minimum absolute atomic E-state index is 0.391. The first-order valence-electron chi connectivity index (χ1n) is 11.5. The van der Waals surface area contributed by atoms with Crippen LogP contribution < -0.4 is 0 Å². The molecule has 2 heterocycles. The van der Waals surface area contributed by atoms with E-state index in [1.807, 2.05) is 30.7 Å². The fourth-order valence-electron chi connectivity index (χ4n) is 4.30. The van der Waals surface area contributed by atoms with Crippen molar-refractivity contribution >= 4 is 0 Å². The van der Waals surface area contributed by atoms with E-state index in [1.54, 1.807) is 0 Å². The van der Waals surface area contributed by atoms with E-state index >= 15 is 0 Å². The molecule has 0 saturated heterocycles. The van der Waals surface area contributed by atoms with Crippen molar-refractivity contribution in [2.45, 2.75) is 39.5 Å². The highest BCUT2D eigenvalue weighted by molar-refractivity contribution is 5.31. The zero-order valence-electron chi connectivity index (χ0n) is 19.6. The van der Waals surface area contributed by atoms with E-state index < -0.39 is 0 Å². The van der Waals surface area contributed by atoms with E-state index in [9.17, 15) is 0 Å². The second-order valence-corrected chi connectivity index (χ2v) is 8.81. The van der Waals surface area contributed by atoms with Crippen LogP contribution in [-0.2, 0) is 0 Å². The molecule has 0 bridgehead atoms. The van der Waals surface area contributed by atoms with Gasteiger partial charge in [-0.1, -0.05) is 100 Å². The van der Waals surface area contributed by atoms with Crippen molar-refractivity contribution in [3.8, 4) is 0 Å². The third-order valence-electron chi connectivity index (χ3n) is 5.70. The number of hydrogen-bond donors (Lipinski definition) is 0. The predicted molar refractivity (Wildman–Crippen MR) is 135 cm³/mol. The topological polar surface area (TPSA) is 25.8 Å². The molecule has 0 aliphatic rings. The van der Waals surface area contributed by atoms with Crippen LogP contribution in [0.1, 0.15) is 61.9 Å². The minimum Gasteiger partial charge on any atom is -0.264 e. The Morgan fingerprint density at radius 3 is 1.50 bits per heavy atom. The van der Waals surface area contributed by atoms with Crippen LogP contribution in [0.4, 0.5) is 0 Å². The van der Waals surface area contributed by atoms with E-state index in [0.29, 0.717) is 23.7 Å². The number of hydrogen-bond acceptors (Lipinski definition) is 2. The minimum atomic E-state index is 0.391. The van der Waals surface area contributed by atoms with Crippen LogP contribution in [0.2, 0.25) is 0 Å². The highest BCUT2D eigenvalue weighted by atomic mass is 14.7. The molecule has 2 nitrogen and oxygen atoms in total. The van der Waals surface area contributed by atoms with E-state index in [2.05, 4.69) is 117 Å².